The molecule has 0 saturated carbocycles. The van der Waals surface area contributed by atoms with E-state index in [1.807, 2.05) is 52.0 Å². The molecule has 6 heteroatoms. The van der Waals surface area contributed by atoms with Crippen molar-refractivity contribution in [2.24, 2.45) is 5.92 Å². The average molecular weight is 356 g/mol. The zero-order valence-electron chi connectivity index (χ0n) is 16.3. The molecule has 0 N–H and O–H groups in total. The minimum absolute atomic E-state index is 0.266. The van der Waals surface area contributed by atoms with Crippen molar-refractivity contribution in [3.8, 4) is 0 Å². The third kappa shape index (κ3) is 4.23. The lowest BCUT2D eigenvalue weighted by molar-refractivity contribution is 0.0277. The second kappa shape index (κ2) is 7.09. The van der Waals surface area contributed by atoms with Crippen LogP contribution in [0.2, 0.25) is 0 Å². The Morgan fingerprint density at radius 1 is 1.27 bits per heavy atom. The van der Waals surface area contributed by atoms with Crippen molar-refractivity contribution in [3.05, 3.63) is 30.0 Å². The second-order valence-electron chi connectivity index (χ2n) is 8.08. The van der Waals surface area contributed by atoms with Crippen LogP contribution in [0.3, 0.4) is 0 Å². The summed E-state index contributed by atoms with van der Waals surface area (Å²) in [7, 11) is 1.80. The second-order valence-corrected chi connectivity index (χ2v) is 8.08. The first-order valence-corrected chi connectivity index (χ1v) is 9.15. The molecule has 6 nitrogen and oxygen atoms in total. The molecular formula is C20H28N4O2. The molecule has 0 radical (unpaired) electrons. The molecule has 1 saturated heterocycles. The highest BCUT2D eigenvalue weighted by Crippen LogP contribution is 2.26. The molecular weight excluding hydrogens is 328 g/mol. The fourth-order valence-electron chi connectivity index (χ4n) is 3.35. The highest BCUT2D eigenvalue weighted by atomic mass is 16.6. The van der Waals surface area contributed by atoms with Crippen molar-refractivity contribution in [1.82, 2.24) is 14.9 Å². The number of nitrogens with zero attached hydrogens (tertiary/aromatic N) is 4. The first kappa shape index (κ1) is 18.4. The summed E-state index contributed by atoms with van der Waals surface area (Å²) >= 11 is 0. The van der Waals surface area contributed by atoms with Gasteiger partial charge in [0.05, 0.1) is 16.7 Å². The van der Waals surface area contributed by atoms with Crippen LogP contribution in [-0.4, -0.2) is 53.2 Å². The zero-order chi connectivity index (χ0) is 18.9. The van der Waals surface area contributed by atoms with Gasteiger partial charge in [-0.2, -0.15) is 0 Å². The summed E-state index contributed by atoms with van der Waals surface area (Å²) in [6.07, 6.45) is 0.763. The number of hydrogen-bond donors (Lipinski definition) is 0. The Balaban J connectivity index is 1.65. The largest absolute Gasteiger partial charge is 0.444 e. The molecule has 1 fully saturated rings. The first-order valence-electron chi connectivity index (χ1n) is 9.15. The molecule has 0 spiro atoms. The maximum Gasteiger partial charge on any atom is 0.410 e. The lowest BCUT2D eigenvalue weighted by atomic mass is 10.1. The Morgan fingerprint density at radius 3 is 2.58 bits per heavy atom. The van der Waals surface area contributed by atoms with Crippen LogP contribution in [0.1, 0.15) is 32.9 Å². The van der Waals surface area contributed by atoms with Gasteiger partial charge in [0.1, 0.15) is 5.60 Å². The number of carbonyl (C=O) groups is 1. The molecule has 3 rings (SSSR count). The van der Waals surface area contributed by atoms with Crippen LogP contribution in [0.5, 0.6) is 0 Å². The summed E-state index contributed by atoms with van der Waals surface area (Å²) in [5, 5.41) is 0. The van der Waals surface area contributed by atoms with Gasteiger partial charge in [0.15, 0.2) is 5.82 Å². The number of hydrogen-bond acceptors (Lipinski definition) is 5. The quantitative estimate of drug-likeness (QED) is 0.840. The van der Waals surface area contributed by atoms with E-state index in [2.05, 4.69) is 9.88 Å². The normalized spacial score (nSPS) is 17.6. The number of aryl methyl sites for hydroxylation is 1. The van der Waals surface area contributed by atoms with E-state index < -0.39 is 5.60 Å². The van der Waals surface area contributed by atoms with Gasteiger partial charge in [-0.05, 0) is 52.2 Å². The van der Waals surface area contributed by atoms with Gasteiger partial charge in [0.25, 0.3) is 0 Å². The molecule has 140 valence electrons. The van der Waals surface area contributed by atoms with Gasteiger partial charge in [-0.25, -0.2) is 14.8 Å². The smallest absolute Gasteiger partial charge is 0.410 e. The number of fused-ring (bicyclic) bond motifs is 1. The van der Waals surface area contributed by atoms with E-state index in [1.165, 1.54) is 0 Å². The molecule has 1 amide bonds. The highest BCUT2D eigenvalue weighted by molar-refractivity contribution is 5.76. The summed E-state index contributed by atoms with van der Waals surface area (Å²) in [6.45, 7) is 10.2. The SMILES string of the molecule is Cc1nc2ccccc2nc1N1CCC(CN(C)C(=O)OC(C)(C)C)C1. The summed E-state index contributed by atoms with van der Waals surface area (Å²) < 4.78 is 5.44. The van der Waals surface area contributed by atoms with E-state index in [-0.39, 0.29) is 6.09 Å². The Labute approximate surface area is 155 Å². The molecule has 1 aromatic heterocycles. The first-order chi connectivity index (χ1) is 12.2. The summed E-state index contributed by atoms with van der Waals surface area (Å²) in [4.78, 5) is 25.6. The van der Waals surface area contributed by atoms with Crippen molar-refractivity contribution >= 4 is 22.9 Å². The molecule has 0 aliphatic carbocycles. The number of anilines is 1. The molecule has 1 aliphatic rings. The fraction of sp³-hybridized carbons (Fsp3) is 0.550. The van der Waals surface area contributed by atoms with Gasteiger partial charge in [-0.3, -0.25) is 0 Å². The van der Waals surface area contributed by atoms with E-state index in [4.69, 9.17) is 9.72 Å². The highest BCUT2D eigenvalue weighted by Gasteiger charge is 2.28. The van der Waals surface area contributed by atoms with E-state index in [0.717, 1.165) is 42.1 Å². The van der Waals surface area contributed by atoms with Crippen LogP contribution < -0.4 is 4.90 Å². The number of amides is 1. The van der Waals surface area contributed by atoms with Crippen LogP contribution >= 0.6 is 0 Å². The topological polar surface area (TPSA) is 58.6 Å². The van der Waals surface area contributed by atoms with E-state index >= 15 is 0 Å². The maximum absolute atomic E-state index is 12.2. The standard InChI is InChI=1S/C20H28N4O2/c1-14-18(22-17-9-7-6-8-16(17)21-14)24-11-10-15(13-24)12-23(5)19(25)26-20(2,3)4/h6-9,15H,10-13H2,1-5H3. The molecule has 2 heterocycles. The number of para-hydroxylation sites is 2. The lowest BCUT2D eigenvalue weighted by Crippen LogP contribution is -2.37. The van der Waals surface area contributed by atoms with E-state index in [0.29, 0.717) is 12.5 Å². The maximum atomic E-state index is 12.2. The van der Waals surface area contributed by atoms with Gasteiger partial charge in [-0.15, -0.1) is 0 Å². The zero-order valence-corrected chi connectivity index (χ0v) is 16.3. The van der Waals surface area contributed by atoms with Crippen LogP contribution in [-0.2, 0) is 4.74 Å². The predicted molar refractivity (Wildman–Crippen MR) is 103 cm³/mol. The minimum Gasteiger partial charge on any atom is -0.444 e. The summed E-state index contributed by atoms with van der Waals surface area (Å²) in [6, 6.07) is 7.95. The molecule has 1 unspecified atom stereocenters. The van der Waals surface area contributed by atoms with E-state index in [1.54, 1.807) is 11.9 Å². The van der Waals surface area contributed by atoms with Gasteiger partial charge in [0.2, 0.25) is 0 Å². The molecule has 1 atom stereocenters. The Bertz CT molecular complexity index is 800. The van der Waals surface area contributed by atoms with Gasteiger partial charge >= 0.3 is 6.09 Å². The lowest BCUT2D eigenvalue weighted by Gasteiger charge is -2.26. The Hall–Kier alpha value is -2.37. The van der Waals surface area contributed by atoms with E-state index in [9.17, 15) is 4.79 Å². The van der Waals surface area contributed by atoms with Crippen LogP contribution in [0.25, 0.3) is 11.0 Å². The third-order valence-corrected chi connectivity index (χ3v) is 4.54. The van der Waals surface area contributed by atoms with Crippen LogP contribution in [0.15, 0.2) is 24.3 Å². The number of aromatic nitrogens is 2. The predicted octanol–water partition coefficient (Wildman–Crippen LogP) is 3.63. The van der Waals surface area contributed by atoms with Crippen molar-refractivity contribution in [3.63, 3.8) is 0 Å². The van der Waals surface area contributed by atoms with Crippen molar-refractivity contribution in [2.75, 3.05) is 31.6 Å². The molecule has 1 aromatic carbocycles. The van der Waals surface area contributed by atoms with Crippen molar-refractivity contribution in [2.45, 2.75) is 39.7 Å². The van der Waals surface area contributed by atoms with Crippen LogP contribution in [0.4, 0.5) is 10.6 Å². The monoisotopic (exact) mass is 356 g/mol. The fourth-order valence-corrected chi connectivity index (χ4v) is 3.35. The van der Waals surface area contributed by atoms with Gasteiger partial charge in [-0.1, -0.05) is 12.1 Å². The Morgan fingerprint density at radius 2 is 1.92 bits per heavy atom. The van der Waals surface area contributed by atoms with Crippen LogP contribution in [0, 0.1) is 12.8 Å². The third-order valence-electron chi connectivity index (χ3n) is 4.54. The van der Waals surface area contributed by atoms with Gasteiger partial charge < -0.3 is 14.5 Å². The summed E-state index contributed by atoms with van der Waals surface area (Å²) in [5.74, 6) is 1.35. The Kier molecular flexibility index (Phi) is 5.03. The number of benzene rings is 1. The average Bonchev–Trinajstić information content (AvgIpc) is 3.00. The molecule has 1 aliphatic heterocycles. The minimum atomic E-state index is -0.467. The molecule has 0 bridgehead atoms. The van der Waals surface area contributed by atoms with Crippen molar-refractivity contribution in [1.29, 1.82) is 0 Å². The number of rotatable bonds is 3. The number of ether oxygens (including phenoxy) is 1. The summed E-state index contributed by atoms with van der Waals surface area (Å²) in [5.41, 5.74) is 2.33. The number of carbonyl (C=O) groups excluding carboxylic acids is 1. The van der Waals surface area contributed by atoms with Gasteiger partial charge in [0, 0.05) is 26.7 Å². The van der Waals surface area contributed by atoms with Crippen molar-refractivity contribution < 1.29 is 9.53 Å². The molecule has 2 aromatic rings. The molecule has 26 heavy (non-hydrogen) atoms.